The van der Waals surface area contributed by atoms with Crippen molar-refractivity contribution < 1.29 is 17.5 Å². The maximum absolute atomic E-state index is 12.7. The molecule has 0 saturated carbocycles. The van der Waals surface area contributed by atoms with Gasteiger partial charge in [0.1, 0.15) is 0 Å². The minimum atomic E-state index is -3.79. The molecular weight excluding hydrogens is 186 g/mol. The summed E-state index contributed by atoms with van der Waals surface area (Å²) in [7, 11) is 0. The van der Waals surface area contributed by atoms with E-state index in [9.17, 15) is 17.5 Å². The first kappa shape index (κ1) is 9.28. The van der Waals surface area contributed by atoms with Gasteiger partial charge in [-0.05, 0) is 0 Å². The van der Waals surface area contributed by atoms with Crippen LogP contribution in [0.4, 0.5) is 8.78 Å². The van der Waals surface area contributed by atoms with E-state index in [0.717, 1.165) is 12.1 Å². The summed E-state index contributed by atoms with van der Waals surface area (Å²) in [5, 5.41) is -3.79. The molecule has 0 heterocycles. The SMILES string of the molecule is O=S([O-])C(F)(F)c1ccccc1. The second-order valence-electron chi connectivity index (χ2n) is 2.12. The largest absolute Gasteiger partial charge is 0.768 e. The van der Waals surface area contributed by atoms with Gasteiger partial charge in [0.15, 0.2) is 0 Å². The summed E-state index contributed by atoms with van der Waals surface area (Å²) in [6.45, 7) is 0. The second-order valence-corrected chi connectivity index (χ2v) is 3.10. The quantitative estimate of drug-likeness (QED) is 0.666. The molecule has 0 spiro atoms. The molecule has 1 aromatic carbocycles. The molecule has 0 aliphatic rings. The summed E-state index contributed by atoms with van der Waals surface area (Å²) < 4.78 is 45.5. The third-order valence-electron chi connectivity index (χ3n) is 1.32. The van der Waals surface area contributed by atoms with E-state index in [2.05, 4.69) is 0 Å². The van der Waals surface area contributed by atoms with Crippen LogP contribution in [0.25, 0.3) is 0 Å². The molecule has 1 aromatic rings. The Morgan fingerprint density at radius 3 is 2.17 bits per heavy atom. The molecule has 5 heteroatoms. The van der Waals surface area contributed by atoms with Gasteiger partial charge < -0.3 is 4.55 Å². The Bertz CT molecular complexity index is 287. The van der Waals surface area contributed by atoms with E-state index in [1.54, 1.807) is 0 Å². The lowest BCUT2D eigenvalue weighted by atomic mass is 10.2. The zero-order valence-electron chi connectivity index (χ0n) is 5.87. The van der Waals surface area contributed by atoms with Gasteiger partial charge in [0.25, 0.3) is 0 Å². The highest BCUT2D eigenvalue weighted by atomic mass is 32.2. The number of rotatable bonds is 2. The van der Waals surface area contributed by atoms with Gasteiger partial charge in [-0.1, -0.05) is 30.3 Å². The first-order valence-electron chi connectivity index (χ1n) is 3.08. The van der Waals surface area contributed by atoms with E-state index < -0.39 is 21.9 Å². The van der Waals surface area contributed by atoms with Crippen molar-refractivity contribution in [1.82, 2.24) is 0 Å². The van der Waals surface area contributed by atoms with Crippen LogP contribution >= 0.6 is 0 Å². The molecule has 66 valence electrons. The lowest BCUT2D eigenvalue weighted by Gasteiger charge is -2.18. The average molecular weight is 191 g/mol. The Morgan fingerprint density at radius 2 is 1.75 bits per heavy atom. The van der Waals surface area contributed by atoms with Crippen molar-refractivity contribution in [3.8, 4) is 0 Å². The molecule has 0 amide bonds. The summed E-state index contributed by atoms with van der Waals surface area (Å²) in [6, 6.07) is 6.38. The fourth-order valence-corrected chi connectivity index (χ4v) is 1.06. The summed E-state index contributed by atoms with van der Waals surface area (Å²) in [6.07, 6.45) is 0. The molecule has 1 rings (SSSR count). The van der Waals surface area contributed by atoms with Crippen LogP contribution in [-0.2, 0) is 16.3 Å². The maximum atomic E-state index is 12.7. The fraction of sp³-hybridized carbons (Fsp3) is 0.143. The van der Waals surface area contributed by atoms with Gasteiger partial charge in [0, 0.05) is 16.6 Å². The fourth-order valence-electron chi connectivity index (χ4n) is 0.728. The van der Waals surface area contributed by atoms with Crippen molar-refractivity contribution in [2.24, 2.45) is 0 Å². The topological polar surface area (TPSA) is 40.1 Å². The summed E-state index contributed by atoms with van der Waals surface area (Å²) >= 11 is -3.41. The van der Waals surface area contributed by atoms with Gasteiger partial charge in [-0.3, -0.25) is 4.21 Å². The van der Waals surface area contributed by atoms with E-state index >= 15 is 0 Å². The summed E-state index contributed by atoms with van der Waals surface area (Å²) in [5.41, 5.74) is -0.515. The van der Waals surface area contributed by atoms with Crippen molar-refractivity contribution >= 4 is 11.1 Å². The normalized spacial score (nSPS) is 14.2. The van der Waals surface area contributed by atoms with Crippen LogP contribution in [0.3, 0.4) is 0 Å². The van der Waals surface area contributed by atoms with Crippen molar-refractivity contribution in [2.45, 2.75) is 5.25 Å². The van der Waals surface area contributed by atoms with E-state index in [1.165, 1.54) is 18.2 Å². The number of benzene rings is 1. The number of halogens is 2. The third kappa shape index (κ3) is 1.67. The Balaban J connectivity index is 3.06. The minimum Gasteiger partial charge on any atom is -0.768 e. The van der Waals surface area contributed by atoms with Crippen LogP contribution in [0.15, 0.2) is 30.3 Å². The lowest BCUT2D eigenvalue weighted by Crippen LogP contribution is -2.19. The van der Waals surface area contributed by atoms with E-state index in [4.69, 9.17) is 0 Å². The molecule has 0 N–H and O–H groups in total. The Labute approximate surface area is 70.5 Å². The molecule has 0 aliphatic heterocycles. The van der Waals surface area contributed by atoms with E-state index in [-0.39, 0.29) is 0 Å². The van der Waals surface area contributed by atoms with Crippen LogP contribution in [-0.4, -0.2) is 8.76 Å². The van der Waals surface area contributed by atoms with Gasteiger partial charge in [-0.25, -0.2) is 0 Å². The van der Waals surface area contributed by atoms with Crippen LogP contribution in [0.2, 0.25) is 0 Å². The zero-order valence-corrected chi connectivity index (χ0v) is 6.68. The Kier molecular flexibility index (Phi) is 2.54. The number of alkyl halides is 2. The van der Waals surface area contributed by atoms with Crippen molar-refractivity contribution in [3.05, 3.63) is 35.9 Å². The zero-order chi connectivity index (χ0) is 9.19. The van der Waals surface area contributed by atoms with Gasteiger partial charge in [-0.2, -0.15) is 8.78 Å². The maximum Gasteiger partial charge on any atom is 0.334 e. The van der Waals surface area contributed by atoms with Crippen molar-refractivity contribution in [1.29, 1.82) is 0 Å². The molecule has 0 fully saturated rings. The number of hydrogen-bond donors (Lipinski definition) is 0. The van der Waals surface area contributed by atoms with Gasteiger partial charge in [-0.15, -0.1) is 0 Å². The van der Waals surface area contributed by atoms with Crippen LogP contribution < -0.4 is 0 Å². The smallest absolute Gasteiger partial charge is 0.334 e. The standard InChI is InChI=1S/C7H6F2O2S/c8-7(9,12(10)11)6-4-2-1-3-5-6/h1-5H,(H,10,11)/p-1. The highest BCUT2D eigenvalue weighted by Crippen LogP contribution is 2.29. The monoisotopic (exact) mass is 191 g/mol. The predicted octanol–water partition coefficient (Wildman–Crippen LogP) is 1.62. The van der Waals surface area contributed by atoms with E-state index in [0.29, 0.717) is 0 Å². The molecule has 1 unspecified atom stereocenters. The summed E-state index contributed by atoms with van der Waals surface area (Å²) in [4.78, 5) is 0. The molecule has 0 saturated heterocycles. The first-order valence-corrected chi connectivity index (χ1v) is 4.15. The van der Waals surface area contributed by atoms with Crippen LogP contribution in [0.5, 0.6) is 0 Å². The first-order chi connectivity index (χ1) is 5.55. The second kappa shape index (κ2) is 3.28. The number of hydrogen-bond acceptors (Lipinski definition) is 2. The van der Waals surface area contributed by atoms with Crippen LogP contribution in [0, 0.1) is 0 Å². The molecule has 2 nitrogen and oxygen atoms in total. The third-order valence-corrected chi connectivity index (χ3v) is 1.97. The minimum absolute atomic E-state index is 0.515. The van der Waals surface area contributed by atoms with Gasteiger partial charge in [0.2, 0.25) is 0 Å². The molecule has 12 heavy (non-hydrogen) atoms. The molecular formula is C7H5F2O2S-. The predicted molar refractivity (Wildman–Crippen MR) is 39.3 cm³/mol. The van der Waals surface area contributed by atoms with Gasteiger partial charge in [0.05, 0.1) is 0 Å². The Morgan fingerprint density at radius 1 is 1.25 bits per heavy atom. The highest BCUT2D eigenvalue weighted by Gasteiger charge is 2.32. The Hall–Kier alpha value is -0.810. The van der Waals surface area contributed by atoms with Crippen molar-refractivity contribution in [3.63, 3.8) is 0 Å². The molecule has 0 aromatic heterocycles. The molecule has 0 radical (unpaired) electrons. The van der Waals surface area contributed by atoms with Gasteiger partial charge >= 0.3 is 5.25 Å². The summed E-state index contributed by atoms with van der Waals surface area (Å²) in [5.74, 6) is 0. The lowest BCUT2D eigenvalue weighted by molar-refractivity contribution is 0.0875. The molecule has 0 bridgehead atoms. The van der Waals surface area contributed by atoms with Crippen LogP contribution in [0.1, 0.15) is 5.56 Å². The van der Waals surface area contributed by atoms with Crippen molar-refractivity contribution in [2.75, 3.05) is 0 Å². The molecule has 1 atom stereocenters. The van der Waals surface area contributed by atoms with E-state index in [1.807, 2.05) is 0 Å². The molecule has 0 aliphatic carbocycles. The highest BCUT2D eigenvalue weighted by molar-refractivity contribution is 7.79. The average Bonchev–Trinajstić information content (AvgIpc) is 2.06.